The number of hydrogen-bond donors (Lipinski definition) is 1. The zero-order valence-corrected chi connectivity index (χ0v) is 10.4. The largest absolute Gasteiger partial charge is 0.365 e. The molecule has 0 aliphatic heterocycles. The molecular weight excluding hydrogens is 210 g/mol. The molecule has 1 aromatic rings. The van der Waals surface area contributed by atoms with Gasteiger partial charge < -0.3 is 10.2 Å². The summed E-state index contributed by atoms with van der Waals surface area (Å²) in [6.07, 6.45) is 0. The molecule has 1 rings (SSSR count). The first-order chi connectivity index (χ1) is 7.13. The predicted octanol–water partition coefficient (Wildman–Crippen LogP) is 1.98. The maximum Gasteiger partial charge on any atom is 0.265 e. The lowest BCUT2D eigenvalue weighted by Crippen LogP contribution is -2.30. The third-order valence-electron chi connectivity index (χ3n) is 2.26. The summed E-state index contributed by atoms with van der Waals surface area (Å²) in [4.78, 5) is 18.8. The minimum atomic E-state index is 0.0801. The summed E-state index contributed by atoms with van der Waals surface area (Å²) in [5, 5.41) is 3.75. The number of nitrogens with one attached hydrogen (secondary N) is 1. The minimum Gasteiger partial charge on any atom is -0.365 e. The van der Waals surface area contributed by atoms with Crippen LogP contribution in [0.3, 0.4) is 0 Å². The van der Waals surface area contributed by atoms with Crippen molar-refractivity contribution in [1.82, 2.24) is 9.88 Å². The van der Waals surface area contributed by atoms with Gasteiger partial charge in [-0.1, -0.05) is 11.3 Å². The lowest BCUT2D eigenvalue weighted by atomic mass is 10.3. The number of carbonyl (C=O) groups excluding carboxylic acids is 1. The summed E-state index contributed by atoms with van der Waals surface area (Å²) in [6, 6.07) is 0. The minimum absolute atomic E-state index is 0.0801. The first-order valence-electron chi connectivity index (χ1n) is 5.08. The van der Waals surface area contributed by atoms with Gasteiger partial charge in [0.1, 0.15) is 4.88 Å². The molecule has 0 aliphatic rings. The maximum absolute atomic E-state index is 12.0. The monoisotopic (exact) mass is 227 g/mol. The fourth-order valence-electron chi connectivity index (χ4n) is 1.36. The molecule has 1 amide bonds. The van der Waals surface area contributed by atoms with E-state index in [-0.39, 0.29) is 5.91 Å². The Morgan fingerprint density at radius 1 is 1.47 bits per heavy atom. The zero-order valence-electron chi connectivity index (χ0n) is 9.63. The molecule has 5 heteroatoms. The predicted molar refractivity (Wildman–Crippen MR) is 63.6 cm³/mol. The molecule has 1 aromatic heterocycles. The van der Waals surface area contributed by atoms with Gasteiger partial charge in [0.25, 0.3) is 5.91 Å². The van der Waals surface area contributed by atoms with Crippen LogP contribution in [0.4, 0.5) is 5.13 Å². The van der Waals surface area contributed by atoms with Crippen molar-refractivity contribution in [2.24, 2.45) is 0 Å². The average molecular weight is 227 g/mol. The van der Waals surface area contributed by atoms with Gasteiger partial charge >= 0.3 is 0 Å². The van der Waals surface area contributed by atoms with Gasteiger partial charge in [-0.05, 0) is 20.8 Å². The SMILES string of the molecule is CCN(CC)C(=O)c1sc(NC)nc1C. The molecular formula is C10H17N3OS. The number of aryl methyl sites for hydroxylation is 1. The second kappa shape index (κ2) is 5.11. The number of rotatable bonds is 4. The van der Waals surface area contributed by atoms with E-state index in [4.69, 9.17) is 0 Å². The summed E-state index contributed by atoms with van der Waals surface area (Å²) in [6.45, 7) is 7.31. The van der Waals surface area contributed by atoms with Gasteiger partial charge in [0.05, 0.1) is 5.69 Å². The molecule has 15 heavy (non-hydrogen) atoms. The number of carbonyl (C=O) groups is 1. The molecule has 0 aromatic carbocycles. The highest BCUT2D eigenvalue weighted by molar-refractivity contribution is 7.17. The molecule has 0 saturated carbocycles. The number of aromatic nitrogens is 1. The Kier molecular flexibility index (Phi) is 4.08. The van der Waals surface area contributed by atoms with Crippen molar-refractivity contribution in [3.05, 3.63) is 10.6 Å². The topological polar surface area (TPSA) is 45.2 Å². The quantitative estimate of drug-likeness (QED) is 0.855. The van der Waals surface area contributed by atoms with Crippen LogP contribution in [0.2, 0.25) is 0 Å². The van der Waals surface area contributed by atoms with Crippen molar-refractivity contribution >= 4 is 22.4 Å². The Hall–Kier alpha value is -1.10. The van der Waals surface area contributed by atoms with Crippen LogP contribution in [0.1, 0.15) is 29.2 Å². The lowest BCUT2D eigenvalue weighted by Gasteiger charge is -2.17. The molecule has 0 radical (unpaired) electrons. The van der Waals surface area contributed by atoms with Crippen LogP contribution in [-0.2, 0) is 0 Å². The number of anilines is 1. The molecule has 0 aliphatic carbocycles. The van der Waals surface area contributed by atoms with E-state index in [9.17, 15) is 4.79 Å². The second-order valence-electron chi connectivity index (χ2n) is 3.16. The molecule has 4 nitrogen and oxygen atoms in total. The molecule has 0 saturated heterocycles. The molecule has 0 spiro atoms. The highest BCUT2D eigenvalue weighted by Gasteiger charge is 2.18. The van der Waals surface area contributed by atoms with Crippen LogP contribution >= 0.6 is 11.3 Å². The summed E-state index contributed by atoms with van der Waals surface area (Å²) in [7, 11) is 1.81. The van der Waals surface area contributed by atoms with Crippen molar-refractivity contribution < 1.29 is 4.79 Å². The summed E-state index contributed by atoms with van der Waals surface area (Å²) < 4.78 is 0. The number of hydrogen-bond acceptors (Lipinski definition) is 4. The Morgan fingerprint density at radius 2 is 2.07 bits per heavy atom. The molecule has 0 atom stereocenters. The third-order valence-corrected chi connectivity index (χ3v) is 3.42. The smallest absolute Gasteiger partial charge is 0.265 e. The Morgan fingerprint density at radius 3 is 2.47 bits per heavy atom. The van der Waals surface area contributed by atoms with Gasteiger partial charge in [-0.3, -0.25) is 4.79 Å². The standard InChI is InChI=1S/C10H17N3OS/c1-5-13(6-2)9(14)8-7(3)12-10(11-4)15-8/h5-6H2,1-4H3,(H,11,12). The molecule has 84 valence electrons. The van der Waals surface area contributed by atoms with Gasteiger partial charge in [0.2, 0.25) is 0 Å². The summed E-state index contributed by atoms with van der Waals surface area (Å²) >= 11 is 1.41. The molecule has 1 N–H and O–H groups in total. The normalized spacial score (nSPS) is 10.1. The van der Waals surface area contributed by atoms with E-state index in [1.54, 1.807) is 4.90 Å². The van der Waals surface area contributed by atoms with Crippen molar-refractivity contribution in [2.45, 2.75) is 20.8 Å². The second-order valence-corrected chi connectivity index (χ2v) is 4.16. The Balaban J connectivity index is 2.94. The van der Waals surface area contributed by atoms with Crippen LogP contribution in [-0.4, -0.2) is 35.9 Å². The fraction of sp³-hybridized carbons (Fsp3) is 0.600. The van der Waals surface area contributed by atoms with Crippen LogP contribution in [0.5, 0.6) is 0 Å². The van der Waals surface area contributed by atoms with E-state index in [2.05, 4.69) is 10.3 Å². The van der Waals surface area contributed by atoms with Crippen LogP contribution in [0.25, 0.3) is 0 Å². The van der Waals surface area contributed by atoms with E-state index in [0.717, 1.165) is 28.8 Å². The summed E-state index contributed by atoms with van der Waals surface area (Å²) in [5.74, 6) is 0.0801. The average Bonchev–Trinajstić information content (AvgIpc) is 2.61. The van der Waals surface area contributed by atoms with Gasteiger partial charge in [-0.25, -0.2) is 4.98 Å². The lowest BCUT2D eigenvalue weighted by molar-refractivity contribution is 0.0777. The first-order valence-corrected chi connectivity index (χ1v) is 5.90. The van der Waals surface area contributed by atoms with Crippen LogP contribution in [0.15, 0.2) is 0 Å². The fourth-order valence-corrected chi connectivity index (χ4v) is 2.24. The third kappa shape index (κ3) is 2.47. The summed E-state index contributed by atoms with van der Waals surface area (Å²) in [5.41, 5.74) is 0.807. The number of amides is 1. The highest BCUT2D eigenvalue weighted by Crippen LogP contribution is 2.23. The van der Waals surface area contributed by atoms with Gasteiger partial charge in [0, 0.05) is 20.1 Å². The van der Waals surface area contributed by atoms with E-state index in [0.29, 0.717) is 0 Å². The van der Waals surface area contributed by atoms with Crippen molar-refractivity contribution in [3.63, 3.8) is 0 Å². The molecule has 0 bridgehead atoms. The Labute approximate surface area is 94.3 Å². The van der Waals surface area contributed by atoms with Crippen molar-refractivity contribution in [1.29, 1.82) is 0 Å². The molecule has 0 unspecified atom stereocenters. The molecule has 1 heterocycles. The van der Waals surface area contributed by atoms with Crippen molar-refractivity contribution in [3.8, 4) is 0 Å². The first kappa shape index (κ1) is 12.0. The van der Waals surface area contributed by atoms with E-state index in [1.165, 1.54) is 11.3 Å². The number of thiazole rings is 1. The Bertz CT molecular complexity index is 344. The van der Waals surface area contributed by atoms with Gasteiger partial charge in [-0.15, -0.1) is 0 Å². The van der Waals surface area contributed by atoms with Crippen molar-refractivity contribution in [2.75, 3.05) is 25.5 Å². The van der Waals surface area contributed by atoms with Gasteiger partial charge in [-0.2, -0.15) is 0 Å². The van der Waals surface area contributed by atoms with E-state index >= 15 is 0 Å². The molecule has 0 fully saturated rings. The van der Waals surface area contributed by atoms with E-state index < -0.39 is 0 Å². The van der Waals surface area contributed by atoms with E-state index in [1.807, 2.05) is 27.8 Å². The maximum atomic E-state index is 12.0. The van der Waals surface area contributed by atoms with Crippen LogP contribution in [0, 0.1) is 6.92 Å². The van der Waals surface area contributed by atoms with Gasteiger partial charge in [0.15, 0.2) is 5.13 Å². The van der Waals surface area contributed by atoms with Crippen LogP contribution < -0.4 is 5.32 Å². The highest BCUT2D eigenvalue weighted by atomic mass is 32.1. The number of nitrogens with zero attached hydrogens (tertiary/aromatic N) is 2. The zero-order chi connectivity index (χ0) is 11.4.